The average Bonchev–Trinajstić information content (AvgIpc) is 3.42. The highest BCUT2D eigenvalue weighted by Crippen LogP contribution is 2.31. The van der Waals surface area contributed by atoms with Crippen LogP contribution >= 0.6 is 11.3 Å². The van der Waals surface area contributed by atoms with Crippen molar-refractivity contribution in [3.8, 4) is 0 Å². The molecule has 0 bridgehead atoms. The molecule has 2 aliphatic rings. The van der Waals surface area contributed by atoms with E-state index in [0.29, 0.717) is 5.56 Å². The molecule has 1 unspecified atom stereocenters. The molecule has 1 aromatic heterocycles. The van der Waals surface area contributed by atoms with E-state index in [0.717, 1.165) is 37.1 Å². The molecular weight excluding hydrogens is 362 g/mol. The number of thiophene rings is 1. The van der Waals surface area contributed by atoms with Gasteiger partial charge in [0.2, 0.25) is 0 Å². The second-order valence-electron chi connectivity index (χ2n) is 7.15. The van der Waals surface area contributed by atoms with E-state index < -0.39 is 11.6 Å². The summed E-state index contributed by atoms with van der Waals surface area (Å²) in [6, 6.07) is 8.61. The number of urea groups is 1. The Labute approximate surface area is 161 Å². The third kappa shape index (κ3) is 3.12. The van der Waals surface area contributed by atoms with E-state index in [4.69, 9.17) is 0 Å². The molecule has 0 aliphatic carbocycles. The van der Waals surface area contributed by atoms with Crippen LogP contribution in [0.25, 0.3) is 0 Å². The van der Waals surface area contributed by atoms with E-state index in [9.17, 15) is 14.4 Å². The molecule has 27 heavy (non-hydrogen) atoms. The van der Waals surface area contributed by atoms with Gasteiger partial charge in [0.1, 0.15) is 5.54 Å². The highest BCUT2D eigenvalue weighted by Gasteiger charge is 2.49. The minimum Gasteiger partial charge on any atom is -0.339 e. The maximum Gasteiger partial charge on any atom is 0.325 e. The van der Waals surface area contributed by atoms with Crippen molar-refractivity contribution in [3.05, 3.63) is 57.8 Å². The zero-order valence-electron chi connectivity index (χ0n) is 15.1. The number of amides is 4. The van der Waals surface area contributed by atoms with Gasteiger partial charge in [0.05, 0.1) is 6.54 Å². The van der Waals surface area contributed by atoms with Gasteiger partial charge in [-0.2, -0.15) is 11.3 Å². The minimum atomic E-state index is -1.03. The summed E-state index contributed by atoms with van der Waals surface area (Å²) < 4.78 is 0. The van der Waals surface area contributed by atoms with Crippen molar-refractivity contribution >= 4 is 29.2 Å². The van der Waals surface area contributed by atoms with Gasteiger partial charge in [-0.3, -0.25) is 14.5 Å². The van der Waals surface area contributed by atoms with Gasteiger partial charge >= 0.3 is 6.03 Å². The van der Waals surface area contributed by atoms with Crippen LogP contribution in [0.1, 0.15) is 41.3 Å². The lowest BCUT2D eigenvalue weighted by Gasteiger charge is -2.20. The Balaban J connectivity index is 1.48. The van der Waals surface area contributed by atoms with Gasteiger partial charge in [0.15, 0.2) is 0 Å². The van der Waals surface area contributed by atoms with Crippen LogP contribution in [-0.2, 0) is 16.9 Å². The summed E-state index contributed by atoms with van der Waals surface area (Å²) in [5.41, 5.74) is 1.22. The molecular formula is C20H21N3O3S. The number of rotatable bonds is 4. The van der Waals surface area contributed by atoms with E-state index in [1.54, 1.807) is 19.1 Å². The molecule has 0 spiro atoms. The summed E-state index contributed by atoms with van der Waals surface area (Å²) in [5, 5.41) is 6.57. The van der Waals surface area contributed by atoms with E-state index in [2.05, 4.69) is 5.32 Å². The van der Waals surface area contributed by atoms with Crippen molar-refractivity contribution in [2.24, 2.45) is 0 Å². The standard InChI is InChI=1S/C20H21N3O3S/c1-20(16-8-11-27-13-16)18(25)23(19(26)21-20)12-14-4-6-15(7-5-14)17(24)22-9-2-3-10-22/h4-8,11,13H,2-3,9-10,12H2,1H3,(H,21,26). The maximum atomic E-state index is 12.9. The molecule has 1 aromatic carbocycles. The van der Waals surface area contributed by atoms with Gasteiger partial charge in [-0.25, -0.2) is 4.79 Å². The molecule has 3 heterocycles. The Bertz CT molecular complexity index is 872. The van der Waals surface area contributed by atoms with E-state index in [1.807, 2.05) is 33.9 Å². The molecule has 4 rings (SSSR count). The van der Waals surface area contributed by atoms with Gasteiger partial charge in [-0.15, -0.1) is 0 Å². The van der Waals surface area contributed by atoms with Crippen LogP contribution in [0.5, 0.6) is 0 Å². The fraction of sp³-hybridized carbons (Fsp3) is 0.350. The van der Waals surface area contributed by atoms with Crippen LogP contribution in [0, 0.1) is 0 Å². The summed E-state index contributed by atoms with van der Waals surface area (Å²) in [6.07, 6.45) is 2.11. The highest BCUT2D eigenvalue weighted by atomic mass is 32.1. The highest BCUT2D eigenvalue weighted by molar-refractivity contribution is 7.08. The Kier molecular flexibility index (Phi) is 4.47. The lowest BCUT2D eigenvalue weighted by atomic mass is 9.95. The lowest BCUT2D eigenvalue weighted by Crippen LogP contribution is -2.40. The molecule has 0 radical (unpaired) electrons. The van der Waals surface area contributed by atoms with Crippen molar-refractivity contribution in [1.29, 1.82) is 0 Å². The molecule has 1 N–H and O–H groups in total. The van der Waals surface area contributed by atoms with E-state index in [-0.39, 0.29) is 18.4 Å². The number of nitrogens with zero attached hydrogens (tertiary/aromatic N) is 2. The Morgan fingerprint density at radius 1 is 1.15 bits per heavy atom. The van der Waals surface area contributed by atoms with Crippen molar-refractivity contribution in [2.45, 2.75) is 31.8 Å². The molecule has 0 saturated carbocycles. The number of hydrogen-bond donors (Lipinski definition) is 1. The number of carbonyl (C=O) groups is 3. The number of hydrogen-bond acceptors (Lipinski definition) is 4. The van der Waals surface area contributed by atoms with Gasteiger partial charge < -0.3 is 10.2 Å². The van der Waals surface area contributed by atoms with Crippen LogP contribution in [-0.4, -0.2) is 40.7 Å². The van der Waals surface area contributed by atoms with Crippen LogP contribution < -0.4 is 5.32 Å². The summed E-state index contributed by atoms with van der Waals surface area (Å²) >= 11 is 1.49. The van der Waals surface area contributed by atoms with Gasteiger partial charge in [0, 0.05) is 18.7 Å². The third-order valence-corrected chi connectivity index (χ3v) is 5.99. The maximum absolute atomic E-state index is 12.9. The summed E-state index contributed by atoms with van der Waals surface area (Å²) in [4.78, 5) is 40.8. The predicted octanol–water partition coefficient (Wildman–Crippen LogP) is 2.95. The Morgan fingerprint density at radius 3 is 2.48 bits per heavy atom. The number of nitrogens with one attached hydrogen (secondary N) is 1. The summed E-state index contributed by atoms with van der Waals surface area (Å²) in [6.45, 7) is 3.53. The molecule has 2 saturated heterocycles. The first-order valence-corrected chi connectivity index (χ1v) is 9.98. The molecule has 140 valence electrons. The molecule has 2 aliphatic heterocycles. The average molecular weight is 383 g/mol. The number of carbonyl (C=O) groups excluding carboxylic acids is 3. The number of imide groups is 1. The Morgan fingerprint density at radius 2 is 1.85 bits per heavy atom. The van der Waals surface area contributed by atoms with Gasteiger partial charge in [0.25, 0.3) is 11.8 Å². The first-order valence-electron chi connectivity index (χ1n) is 9.04. The van der Waals surface area contributed by atoms with Crippen molar-refractivity contribution in [1.82, 2.24) is 15.1 Å². The van der Waals surface area contributed by atoms with Crippen LogP contribution in [0.2, 0.25) is 0 Å². The first kappa shape index (κ1) is 17.7. The van der Waals surface area contributed by atoms with Gasteiger partial charge in [-0.05, 0) is 59.9 Å². The summed E-state index contributed by atoms with van der Waals surface area (Å²) in [7, 11) is 0. The van der Waals surface area contributed by atoms with Gasteiger partial charge in [-0.1, -0.05) is 12.1 Å². The lowest BCUT2D eigenvalue weighted by molar-refractivity contribution is -0.131. The minimum absolute atomic E-state index is 0.0408. The summed E-state index contributed by atoms with van der Waals surface area (Å²) in [5.74, 6) is -0.220. The van der Waals surface area contributed by atoms with E-state index >= 15 is 0 Å². The predicted molar refractivity (Wildman–Crippen MR) is 102 cm³/mol. The third-order valence-electron chi connectivity index (χ3n) is 5.31. The second kappa shape index (κ2) is 6.81. The van der Waals surface area contributed by atoms with Crippen molar-refractivity contribution < 1.29 is 14.4 Å². The molecule has 2 aromatic rings. The fourth-order valence-electron chi connectivity index (χ4n) is 3.62. The first-order chi connectivity index (χ1) is 13.0. The SMILES string of the molecule is CC1(c2ccsc2)NC(=O)N(Cc2ccc(C(=O)N3CCCC3)cc2)C1=O. The number of benzene rings is 1. The monoisotopic (exact) mass is 383 g/mol. The van der Waals surface area contributed by atoms with E-state index in [1.165, 1.54) is 16.2 Å². The normalized spacial score (nSPS) is 22.4. The molecule has 4 amide bonds. The number of likely N-dealkylation sites (tertiary alicyclic amines) is 1. The molecule has 1 atom stereocenters. The zero-order chi connectivity index (χ0) is 19.0. The molecule has 6 nitrogen and oxygen atoms in total. The van der Waals surface area contributed by atoms with Crippen molar-refractivity contribution in [2.75, 3.05) is 13.1 Å². The second-order valence-corrected chi connectivity index (χ2v) is 7.93. The Hall–Kier alpha value is -2.67. The zero-order valence-corrected chi connectivity index (χ0v) is 15.9. The largest absolute Gasteiger partial charge is 0.339 e. The van der Waals surface area contributed by atoms with Crippen LogP contribution in [0.15, 0.2) is 41.1 Å². The van der Waals surface area contributed by atoms with Crippen molar-refractivity contribution in [3.63, 3.8) is 0 Å². The fourth-order valence-corrected chi connectivity index (χ4v) is 4.39. The topological polar surface area (TPSA) is 69.7 Å². The quantitative estimate of drug-likeness (QED) is 0.826. The molecule has 2 fully saturated rings. The molecule has 7 heteroatoms. The van der Waals surface area contributed by atoms with Crippen LogP contribution in [0.4, 0.5) is 4.79 Å². The smallest absolute Gasteiger partial charge is 0.325 e. The van der Waals surface area contributed by atoms with Crippen LogP contribution in [0.3, 0.4) is 0 Å².